The number of benzene rings is 1. The van der Waals surface area contributed by atoms with Gasteiger partial charge in [-0.3, -0.25) is 0 Å². The van der Waals surface area contributed by atoms with E-state index in [4.69, 9.17) is 0 Å². The number of carbonyl (C=O) groups is 1. The molecule has 0 fully saturated rings. The molecular formula is C8H6BrO2-. The normalized spacial score (nSPS) is 9.64. The standard InChI is InChI=1S/C8H7BrO2/c1-5-2-3-6(8(10)11)4-7(5)9/h2-4H,1H3,(H,10,11)/p-1. The number of hydrogen-bond donors (Lipinski definition) is 0. The van der Waals surface area contributed by atoms with E-state index in [0.717, 1.165) is 10.0 Å². The van der Waals surface area contributed by atoms with Crippen molar-refractivity contribution in [1.29, 1.82) is 0 Å². The van der Waals surface area contributed by atoms with Crippen molar-refractivity contribution in [3.8, 4) is 0 Å². The molecule has 1 rings (SSSR count). The fraction of sp³-hybridized carbons (Fsp3) is 0.125. The summed E-state index contributed by atoms with van der Waals surface area (Å²) in [6.45, 7) is 1.89. The topological polar surface area (TPSA) is 40.1 Å². The highest BCUT2D eigenvalue weighted by Crippen LogP contribution is 2.16. The highest BCUT2D eigenvalue weighted by molar-refractivity contribution is 9.10. The largest absolute Gasteiger partial charge is 0.545 e. The van der Waals surface area contributed by atoms with E-state index in [1.54, 1.807) is 6.07 Å². The van der Waals surface area contributed by atoms with Crippen LogP contribution in [-0.2, 0) is 0 Å². The predicted molar refractivity (Wildman–Crippen MR) is 43.2 cm³/mol. The highest BCUT2D eigenvalue weighted by atomic mass is 79.9. The molecule has 0 aliphatic rings. The van der Waals surface area contributed by atoms with E-state index in [0.29, 0.717) is 0 Å². The van der Waals surface area contributed by atoms with E-state index in [1.165, 1.54) is 12.1 Å². The molecule has 0 atom stereocenters. The summed E-state index contributed by atoms with van der Waals surface area (Å²) < 4.78 is 0.791. The lowest BCUT2D eigenvalue weighted by atomic mass is 10.2. The third kappa shape index (κ3) is 1.80. The van der Waals surface area contributed by atoms with E-state index >= 15 is 0 Å². The zero-order valence-corrected chi connectivity index (χ0v) is 7.51. The SMILES string of the molecule is Cc1ccc(C(=O)[O-])cc1Br. The molecule has 0 spiro atoms. The highest BCUT2D eigenvalue weighted by Gasteiger charge is 1.96. The zero-order valence-electron chi connectivity index (χ0n) is 5.93. The lowest BCUT2D eigenvalue weighted by Gasteiger charge is -2.03. The molecular weight excluding hydrogens is 208 g/mol. The van der Waals surface area contributed by atoms with Gasteiger partial charge < -0.3 is 9.90 Å². The Hall–Kier alpha value is -0.830. The fourth-order valence-electron chi connectivity index (χ4n) is 0.720. The summed E-state index contributed by atoms with van der Waals surface area (Å²) in [5.74, 6) is -1.15. The Morgan fingerprint density at radius 1 is 1.55 bits per heavy atom. The average Bonchev–Trinajstić information content (AvgIpc) is 1.94. The Morgan fingerprint density at radius 2 is 2.18 bits per heavy atom. The Kier molecular flexibility index (Phi) is 2.29. The maximum absolute atomic E-state index is 10.3. The molecule has 0 aromatic heterocycles. The fourth-order valence-corrected chi connectivity index (χ4v) is 1.10. The van der Waals surface area contributed by atoms with Crippen molar-refractivity contribution in [2.45, 2.75) is 6.92 Å². The molecule has 0 amide bonds. The van der Waals surface area contributed by atoms with Gasteiger partial charge in [0.25, 0.3) is 0 Å². The predicted octanol–water partition coefficient (Wildman–Crippen LogP) is 1.12. The van der Waals surface area contributed by atoms with Crippen LogP contribution in [-0.4, -0.2) is 5.97 Å². The van der Waals surface area contributed by atoms with Crippen molar-refractivity contribution in [1.82, 2.24) is 0 Å². The van der Waals surface area contributed by atoms with E-state index in [2.05, 4.69) is 15.9 Å². The van der Waals surface area contributed by atoms with Gasteiger partial charge in [0.15, 0.2) is 0 Å². The Bertz CT molecular complexity index is 294. The third-order valence-electron chi connectivity index (χ3n) is 1.41. The minimum Gasteiger partial charge on any atom is -0.545 e. The quantitative estimate of drug-likeness (QED) is 0.702. The molecule has 0 bridgehead atoms. The smallest absolute Gasteiger partial charge is 0.0715 e. The van der Waals surface area contributed by atoms with Crippen molar-refractivity contribution in [3.63, 3.8) is 0 Å². The Morgan fingerprint density at radius 3 is 2.64 bits per heavy atom. The van der Waals surface area contributed by atoms with Crippen LogP contribution in [0, 0.1) is 6.92 Å². The van der Waals surface area contributed by atoms with Gasteiger partial charge in [0.2, 0.25) is 0 Å². The molecule has 0 unspecified atom stereocenters. The minimum atomic E-state index is -1.15. The molecule has 1 aromatic rings. The van der Waals surface area contributed by atoms with Gasteiger partial charge in [-0.25, -0.2) is 0 Å². The van der Waals surface area contributed by atoms with Gasteiger partial charge >= 0.3 is 0 Å². The average molecular weight is 214 g/mol. The first-order valence-electron chi connectivity index (χ1n) is 3.09. The maximum atomic E-state index is 10.3. The van der Waals surface area contributed by atoms with E-state index in [-0.39, 0.29) is 5.56 Å². The molecule has 11 heavy (non-hydrogen) atoms. The second-order valence-corrected chi connectivity index (χ2v) is 3.11. The molecule has 0 heterocycles. The molecule has 0 aliphatic heterocycles. The monoisotopic (exact) mass is 213 g/mol. The zero-order chi connectivity index (χ0) is 8.43. The van der Waals surface area contributed by atoms with Gasteiger partial charge in [-0.1, -0.05) is 28.1 Å². The van der Waals surface area contributed by atoms with Crippen molar-refractivity contribution in [2.24, 2.45) is 0 Å². The van der Waals surface area contributed by atoms with Crippen molar-refractivity contribution >= 4 is 21.9 Å². The van der Waals surface area contributed by atoms with Crippen molar-refractivity contribution in [3.05, 3.63) is 33.8 Å². The van der Waals surface area contributed by atoms with Crippen LogP contribution < -0.4 is 5.11 Å². The van der Waals surface area contributed by atoms with Crippen molar-refractivity contribution < 1.29 is 9.90 Å². The third-order valence-corrected chi connectivity index (χ3v) is 2.26. The number of carboxylic acid groups (broad SMARTS) is 1. The molecule has 58 valence electrons. The molecule has 1 aromatic carbocycles. The first-order valence-corrected chi connectivity index (χ1v) is 3.88. The lowest BCUT2D eigenvalue weighted by molar-refractivity contribution is -0.255. The van der Waals surface area contributed by atoms with Crippen LogP contribution in [0.3, 0.4) is 0 Å². The summed E-state index contributed by atoms with van der Waals surface area (Å²) in [5, 5.41) is 10.3. The number of rotatable bonds is 1. The van der Waals surface area contributed by atoms with E-state index in [9.17, 15) is 9.90 Å². The Balaban J connectivity index is 3.15. The molecule has 0 aliphatic carbocycles. The summed E-state index contributed by atoms with van der Waals surface area (Å²) in [5.41, 5.74) is 1.21. The van der Waals surface area contributed by atoms with Crippen molar-refractivity contribution in [2.75, 3.05) is 0 Å². The lowest BCUT2D eigenvalue weighted by Crippen LogP contribution is -2.22. The summed E-state index contributed by atoms with van der Waals surface area (Å²) in [7, 11) is 0. The number of halogens is 1. The second kappa shape index (κ2) is 3.05. The molecule has 0 saturated carbocycles. The summed E-state index contributed by atoms with van der Waals surface area (Å²) in [4.78, 5) is 10.3. The minimum absolute atomic E-state index is 0.197. The van der Waals surface area contributed by atoms with Crippen LogP contribution in [0.25, 0.3) is 0 Å². The number of aryl methyl sites for hydroxylation is 1. The van der Waals surface area contributed by atoms with Crippen LogP contribution in [0.4, 0.5) is 0 Å². The number of carboxylic acids is 1. The number of carbonyl (C=O) groups excluding carboxylic acids is 1. The van der Waals surface area contributed by atoms with Gasteiger partial charge in [-0.05, 0) is 24.1 Å². The molecule has 3 heteroatoms. The molecule has 2 nitrogen and oxygen atoms in total. The molecule has 0 N–H and O–H groups in total. The Labute approximate surface area is 73.0 Å². The van der Waals surface area contributed by atoms with Gasteiger partial charge in [0.1, 0.15) is 0 Å². The molecule has 0 radical (unpaired) electrons. The van der Waals surface area contributed by atoms with Crippen LogP contribution in [0.5, 0.6) is 0 Å². The van der Waals surface area contributed by atoms with E-state index in [1.807, 2.05) is 6.92 Å². The second-order valence-electron chi connectivity index (χ2n) is 2.25. The molecule has 0 saturated heterocycles. The maximum Gasteiger partial charge on any atom is 0.0715 e. The summed E-state index contributed by atoms with van der Waals surface area (Å²) >= 11 is 3.22. The van der Waals surface area contributed by atoms with E-state index < -0.39 is 5.97 Å². The van der Waals surface area contributed by atoms with Crippen LogP contribution in [0.2, 0.25) is 0 Å². The first-order chi connectivity index (χ1) is 5.11. The van der Waals surface area contributed by atoms with Crippen LogP contribution in [0.1, 0.15) is 15.9 Å². The number of aromatic carboxylic acids is 1. The van der Waals surface area contributed by atoms with Gasteiger partial charge in [0, 0.05) is 4.47 Å². The summed E-state index contributed by atoms with van der Waals surface area (Å²) in [6.07, 6.45) is 0. The van der Waals surface area contributed by atoms with Crippen LogP contribution >= 0.6 is 15.9 Å². The van der Waals surface area contributed by atoms with Gasteiger partial charge in [-0.2, -0.15) is 0 Å². The van der Waals surface area contributed by atoms with Gasteiger partial charge in [0.05, 0.1) is 5.97 Å². The summed E-state index contributed by atoms with van der Waals surface area (Å²) in [6, 6.07) is 4.79. The van der Waals surface area contributed by atoms with Gasteiger partial charge in [-0.15, -0.1) is 0 Å². The van der Waals surface area contributed by atoms with Crippen LogP contribution in [0.15, 0.2) is 22.7 Å². The number of hydrogen-bond acceptors (Lipinski definition) is 2. The first kappa shape index (κ1) is 8.27.